The van der Waals surface area contributed by atoms with E-state index in [1.165, 1.54) is 5.56 Å². The first-order valence-electron chi connectivity index (χ1n) is 7.60. The number of nitrogens with zero attached hydrogens (tertiary/aromatic N) is 2. The minimum atomic E-state index is 0.0476. The van der Waals surface area contributed by atoms with E-state index in [1.54, 1.807) is 7.11 Å². The highest BCUT2D eigenvalue weighted by Crippen LogP contribution is 2.30. The Labute approximate surface area is 127 Å². The topological polar surface area (TPSA) is 39.1 Å². The van der Waals surface area contributed by atoms with E-state index in [0.717, 1.165) is 36.6 Å². The summed E-state index contributed by atoms with van der Waals surface area (Å²) >= 11 is 0. The van der Waals surface area contributed by atoms with E-state index in [2.05, 4.69) is 47.8 Å². The molecular weight excluding hydrogens is 262 g/mol. The minimum absolute atomic E-state index is 0.0476. The van der Waals surface area contributed by atoms with Gasteiger partial charge in [-0.15, -0.1) is 0 Å². The van der Waals surface area contributed by atoms with Crippen LogP contribution in [-0.4, -0.2) is 23.2 Å². The first-order valence-corrected chi connectivity index (χ1v) is 7.60. The summed E-state index contributed by atoms with van der Waals surface area (Å²) < 4.78 is 7.77. The van der Waals surface area contributed by atoms with Gasteiger partial charge in [-0.2, -0.15) is 0 Å². The van der Waals surface area contributed by atoms with Gasteiger partial charge < -0.3 is 14.6 Å². The summed E-state index contributed by atoms with van der Waals surface area (Å²) in [5.74, 6) is 1.94. The number of benzene rings is 1. The van der Waals surface area contributed by atoms with Crippen LogP contribution in [-0.2, 0) is 6.54 Å². The lowest BCUT2D eigenvalue weighted by Gasteiger charge is -2.22. The number of hydrogen-bond donors (Lipinski definition) is 1. The zero-order chi connectivity index (χ0) is 15.2. The third-order valence-electron chi connectivity index (χ3n) is 3.57. The molecule has 0 amide bonds. The molecule has 0 aliphatic carbocycles. The van der Waals surface area contributed by atoms with Crippen LogP contribution in [0.3, 0.4) is 0 Å². The molecule has 1 N–H and O–H groups in total. The molecule has 1 aromatic heterocycles. The average Bonchev–Trinajstić information content (AvgIpc) is 2.93. The van der Waals surface area contributed by atoms with Gasteiger partial charge in [0.05, 0.1) is 13.2 Å². The van der Waals surface area contributed by atoms with E-state index in [4.69, 9.17) is 4.74 Å². The smallest absolute Gasteiger partial charge is 0.130 e. The van der Waals surface area contributed by atoms with Crippen LogP contribution >= 0.6 is 0 Å². The molecule has 0 aliphatic rings. The van der Waals surface area contributed by atoms with Gasteiger partial charge in [0, 0.05) is 24.5 Å². The van der Waals surface area contributed by atoms with Crippen LogP contribution in [0.5, 0.6) is 5.75 Å². The van der Waals surface area contributed by atoms with Gasteiger partial charge in [-0.1, -0.05) is 31.5 Å². The number of hydrogen-bond acceptors (Lipinski definition) is 3. The number of aryl methyl sites for hydroxylation is 2. The maximum Gasteiger partial charge on any atom is 0.130 e. The van der Waals surface area contributed by atoms with Gasteiger partial charge in [0.25, 0.3) is 0 Å². The quantitative estimate of drug-likeness (QED) is 0.849. The van der Waals surface area contributed by atoms with Crippen molar-refractivity contribution in [2.75, 3.05) is 13.7 Å². The Kier molecular flexibility index (Phi) is 5.39. The Bertz CT molecular complexity index is 577. The molecule has 0 saturated carbocycles. The largest absolute Gasteiger partial charge is 0.496 e. The van der Waals surface area contributed by atoms with Gasteiger partial charge >= 0.3 is 0 Å². The Morgan fingerprint density at radius 1 is 1.33 bits per heavy atom. The third kappa shape index (κ3) is 3.45. The van der Waals surface area contributed by atoms with Crippen LogP contribution in [0.1, 0.15) is 43.3 Å². The van der Waals surface area contributed by atoms with Crippen molar-refractivity contribution in [2.24, 2.45) is 0 Å². The summed E-state index contributed by atoms with van der Waals surface area (Å²) in [6, 6.07) is 6.33. The van der Waals surface area contributed by atoms with E-state index in [-0.39, 0.29) is 6.04 Å². The summed E-state index contributed by atoms with van der Waals surface area (Å²) in [6.45, 7) is 8.25. The number of rotatable bonds is 7. The zero-order valence-electron chi connectivity index (χ0n) is 13.4. The molecule has 0 fully saturated rings. The molecule has 2 rings (SSSR count). The standard InChI is InChI=1S/C17H25N3O/c1-5-10-20-11-9-19-17(20)16(18-6-2)14-12-13(3)7-8-15(14)21-4/h7-9,11-12,16,18H,5-6,10H2,1-4H3. The second kappa shape index (κ2) is 7.27. The molecule has 1 unspecified atom stereocenters. The van der Waals surface area contributed by atoms with Gasteiger partial charge in [-0.3, -0.25) is 0 Å². The fourth-order valence-electron chi connectivity index (χ4n) is 2.63. The highest BCUT2D eigenvalue weighted by atomic mass is 16.5. The number of imidazole rings is 1. The van der Waals surface area contributed by atoms with Crippen LogP contribution in [0, 0.1) is 6.92 Å². The summed E-state index contributed by atoms with van der Waals surface area (Å²) in [5, 5.41) is 3.54. The monoisotopic (exact) mass is 287 g/mol. The normalized spacial score (nSPS) is 12.4. The fraction of sp³-hybridized carbons (Fsp3) is 0.471. The van der Waals surface area contributed by atoms with Crippen LogP contribution in [0.25, 0.3) is 0 Å². The number of aromatic nitrogens is 2. The molecule has 0 aliphatic heterocycles. The van der Waals surface area contributed by atoms with Crippen molar-refractivity contribution >= 4 is 0 Å². The second-order valence-electron chi connectivity index (χ2n) is 5.21. The maximum absolute atomic E-state index is 5.55. The van der Waals surface area contributed by atoms with E-state index >= 15 is 0 Å². The Morgan fingerprint density at radius 2 is 2.14 bits per heavy atom. The molecule has 0 bridgehead atoms. The first-order chi connectivity index (χ1) is 10.2. The molecule has 1 heterocycles. The van der Waals surface area contributed by atoms with Gasteiger partial charge in [0.1, 0.15) is 11.6 Å². The lowest BCUT2D eigenvalue weighted by atomic mass is 10.0. The highest BCUT2D eigenvalue weighted by Gasteiger charge is 2.21. The molecule has 1 aromatic carbocycles. The van der Waals surface area contributed by atoms with E-state index < -0.39 is 0 Å². The van der Waals surface area contributed by atoms with Crippen molar-refractivity contribution in [2.45, 2.75) is 39.8 Å². The Hall–Kier alpha value is -1.81. The zero-order valence-corrected chi connectivity index (χ0v) is 13.4. The van der Waals surface area contributed by atoms with Gasteiger partial charge in [0.2, 0.25) is 0 Å². The molecule has 114 valence electrons. The molecule has 0 radical (unpaired) electrons. The number of ether oxygens (including phenoxy) is 1. The second-order valence-corrected chi connectivity index (χ2v) is 5.21. The van der Waals surface area contributed by atoms with E-state index in [1.807, 2.05) is 18.5 Å². The minimum Gasteiger partial charge on any atom is -0.496 e. The fourth-order valence-corrected chi connectivity index (χ4v) is 2.63. The summed E-state index contributed by atoms with van der Waals surface area (Å²) in [4.78, 5) is 4.58. The first kappa shape index (κ1) is 15.6. The van der Waals surface area contributed by atoms with Crippen molar-refractivity contribution in [1.82, 2.24) is 14.9 Å². The van der Waals surface area contributed by atoms with Crippen molar-refractivity contribution in [3.8, 4) is 5.75 Å². The van der Waals surface area contributed by atoms with Crippen molar-refractivity contribution in [1.29, 1.82) is 0 Å². The average molecular weight is 287 g/mol. The van der Waals surface area contributed by atoms with Crippen LogP contribution in [0.2, 0.25) is 0 Å². The lowest BCUT2D eigenvalue weighted by molar-refractivity contribution is 0.401. The summed E-state index contributed by atoms with van der Waals surface area (Å²) in [5.41, 5.74) is 2.37. The maximum atomic E-state index is 5.55. The van der Waals surface area contributed by atoms with Crippen molar-refractivity contribution in [3.63, 3.8) is 0 Å². The van der Waals surface area contributed by atoms with E-state index in [9.17, 15) is 0 Å². The van der Waals surface area contributed by atoms with Gasteiger partial charge in [-0.25, -0.2) is 4.98 Å². The van der Waals surface area contributed by atoms with Crippen molar-refractivity contribution in [3.05, 3.63) is 47.5 Å². The summed E-state index contributed by atoms with van der Waals surface area (Å²) in [7, 11) is 1.72. The van der Waals surface area contributed by atoms with Crippen LogP contribution in [0.15, 0.2) is 30.6 Å². The van der Waals surface area contributed by atoms with Crippen LogP contribution in [0.4, 0.5) is 0 Å². The predicted molar refractivity (Wildman–Crippen MR) is 85.8 cm³/mol. The lowest BCUT2D eigenvalue weighted by Crippen LogP contribution is -2.26. The van der Waals surface area contributed by atoms with E-state index in [0.29, 0.717) is 0 Å². The third-order valence-corrected chi connectivity index (χ3v) is 3.57. The molecule has 2 aromatic rings. The number of nitrogens with one attached hydrogen (secondary N) is 1. The highest BCUT2D eigenvalue weighted by molar-refractivity contribution is 5.41. The molecule has 4 heteroatoms. The van der Waals surface area contributed by atoms with Gasteiger partial charge in [0.15, 0.2) is 0 Å². The molecule has 0 saturated heterocycles. The predicted octanol–water partition coefficient (Wildman–Crippen LogP) is 3.31. The summed E-state index contributed by atoms with van der Waals surface area (Å²) in [6.07, 6.45) is 5.01. The molecule has 21 heavy (non-hydrogen) atoms. The molecular formula is C17H25N3O. The molecule has 1 atom stereocenters. The van der Waals surface area contributed by atoms with Crippen LogP contribution < -0.4 is 10.1 Å². The van der Waals surface area contributed by atoms with Crippen molar-refractivity contribution < 1.29 is 4.74 Å². The SMILES string of the molecule is CCCn1ccnc1C(NCC)c1cc(C)ccc1OC. The molecule has 4 nitrogen and oxygen atoms in total. The Morgan fingerprint density at radius 3 is 2.81 bits per heavy atom. The van der Waals surface area contributed by atoms with Gasteiger partial charge in [-0.05, 0) is 26.0 Å². The number of methoxy groups -OCH3 is 1. The molecule has 0 spiro atoms. The Balaban J connectivity index is 2.47.